The molecule has 108 valence electrons. The monoisotopic (exact) mass is 266 g/mol. The molecule has 0 spiro atoms. The van der Waals surface area contributed by atoms with Crippen LogP contribution in [0.5, 0.6) is 0 Å². The highest BCUT2D eigenvalue weighted by Crippen LogP contribution is 2.28. The van der Waals surface area contributed by atoms with Crippen LogP contribution < -0.4 is 5.32 Å². The fourth-order valence-electron chi connectivity index (χ4n) is 2.68. The van der Waals surface area contributed by atoms with Crippen molar-refractivity contribution in [2.75, 3.05) is 39.2 Å². The summed E-state index contributed by atoms with van der Waals surface area (Å²) in [6.45, 7) is 5.16. The molecule has 5 nitrogen and oxygen atoms in total. The number of likely N-dealkylation sites (tertiary alicyclic amines) is 1. The van der Waals surface area contributed by atoms with Gasteiger partial charge >= 0.3 is 0 Å². The van der Waals surface area contributed by atoms with Gasteiger partial charge < -0.3 is 19.5 Å². The first-order chi connectivity index (χ1) is 9.22. The van der Waals surface area contributed by atoms with E-state index in [-0.39, 0.29) is 0 Å². The van der Waals surface area contributed by atoms with E-state index in [4.69, 9.17) is 4.74 Å². The fraction of sp³-hybridized carbons (Fsp3) is 0.786. The van der Waals surface area contributed by atoms with Crippen LogP contribution in [0.3, 0.4) is 0 Å². The lowest BCUT2D eigenvalue weighted by atomic mass is 9.99. The van der Waals surface area contributed by atoms with Gasteiger partial charge in [0.05, 0.1) is 0 Å². The van der Waals surface area contributed by atoms with Crippen LogP contribution in [0.2, 0.25) is 0 Å². The average Bonchev–Trinajstić information content (AvgIpc) is 2.86. The second-order valence-electron chi connectivity index (χ2n) is 5.44. The van der Waals surface area contributed by atoms with E-state index in [1.165, 1.54) is 12.8 Å². The van der Waals surface area contributed by atoms with Crippen molar-refractivity contribution in [3.63, 3.8) is 0 Å². The molecule has 1 aromatic rings. The molecule has 2 heterocycles. The Morgan fingerprint density at radius 3 is 3.11 bits per heavy atom. The molecule has 1 aromatic heterocycles. The molecular formula is C14H26N4O. The van der Waals surface area contributed by atoms with E-state index in [2.05, 4.69) is 39.9 Å². The maximum atomic E-state index is 5.06. The van der Waals surface area contributed by atoms with Crippen LogP contribution in [-0.2, 0) is 4.74 Å². The normalized spacial score (nSPS) is 24.6. The number of nitrogens with one attached hydrogen (secondary N) is 1. The highest BCUT2D eigenvalue weighted by atomic mass is 16.5. The van der Waals surface area contributed by atoms with Crippen molar-refractivity contribution in [3.8, 4) is 0 Å². The molecule has 2 unspecified atom stereocenters. The average molecular weight is 266 g/mol. The third-order valence-corrected chi connectivity index (χ3v) is 4.05. The maximum absolute atomic E-state index is 5.06. The van der Waals surface area contributed by atoms with E-state index in [9.17, 15) is 0 Å². The molecule has 0 bridgehead atoms. The molecule has 2 rings (SSSR count). The second kappa shape index (κ2) is 6.91. The zero-order valence-electron chi connectivity index (χ0n) is 12.3. The minimum atomic E-state index is 0.568. The van der Waals surface area contributed by atoms with E-state index < -0.39 is 0 Å². The third-order valence-electron chi connectivity index (χ3n) is 4.05. The summed E-state index contributed by atoms with van der Waals surface area (Å²) < 4.78 is 7.36. The number of rotatable bonds is 6. The lowest BCUT2D eigenvalue weighted by Crippen LogP contribution is -2.38. The molecule has 1 fully saturated rings. The zero-order chi connectivity index (χ0) is 13.7. The predicted molar refractivity (Wildman–Crippen MR) is 77.6 cm³/mol. The van der Waals surface area contributed by atoms with Crippen LogP contribution in [0.1, 0.15) is 32.2 Å². The topological polar surface area (TPSA) is 42.3 Å². The SMILES string of the molecule is COCCCNc1nccn1C1CCN(C)C(C)C1. The molecule has 5 heteroatoms. The Morgan fingerprint density at radius 2 is 2.37 bits per heavy atom. The smallest absolute Gasteiger partial charge is 0.203 e. The summed E-state index contributed by atoms with van der Waals surface area (Å²) in [4.78, 5) is 6.86. The number of anilines is 1. The summed E-state index contributed by atoms with van der Waals surface area (Å²) in [6.07, 6.45) is 7.39. The Kier molecular flexibility index (Phi) is 5.22. The molecule has 0 aliphatic carbocycles. The van der Waals surface area contributed by atoms with E-state index in [0.29, 0.717) is 12.1 Å². The minimum Gasteiger partial charge on any atom is -0.385 e. The van der Waals surface area contributed by atoms with Gasteiger partial charge in [0.2, 0.25) is 5.95 Å². The zero-order valence-corrected chi connectivity index (χ0v) is 12.3. The van der Waals surface area contributed by atoms with Gasteiger partial charge in [-0.3, -0.25) is 0 Å². The largest absolute Gasteiger partial charge is 0.385 e. The van der Waals surface area contributed by atoms with Crippen LogP contribution in [-0.4, -0.2) is 54.3 Å². The first-order valence-electron chi connectivity index (χ1n) is 7.18. The van der Waals surface area contributed by atoms with Crippen molar-refractivity contribution in [3.05, 3.63) is 12.4 Å². The van der Waals surface area contributed by atoms with E-state index in [0.717, 1.165) is 32.1 Å². The van der Waals surface area contributed by atoms with Crippen molar-refractivity contribution in [1.29, 1.82) is 0 Å². The van der Waals surface area contributed by atoms with Gasteiger partial charge in [0.15, 0.2) is 0 Å². The first kappa shape index (κ1) is 14.3. The Hall–Kier alpha value is -1.07. The summed E-state index contributed by atoms with van der Waals surface area (Å²) in [7, 11) is 3.94. The molecule has 0 amide bonds. The van der Waals surface area contributed by atoms with Crippen molar-refractivity contribution < 1.29 is 4.74 Å². The van der Waals surface area contributed by atoms with Gasteiger partial charge in [0, 0.05) is 51.3 Å². The van der Waals surface area contributed by atoms with Gasteiger partial charge in [-0.2, -0.15) is 0 Å². The summed E-state index contributed by atoms with van der Waals surface area (Å²) in [6, 6.07) is 1.21. The number of methoxy groups -OCH3 is 1. The molecular weight excluding hydrogens is 240 g/mol. The van der Waals surface area contributed by atoms with Gasteiger partial charge in [0.25, 0.3) is 0 Å². The standard InChI is InChI=1S/C14H26N4O/c1-12-11-13(5-8-17(12)2)18-9-7-16-14(18)15-6-4-10-19-3/h7,9,12-13H,4-6,8,10-11H2,1-3H3,(H,15,16). The predicted octanol–water partition coefficient (Wildman–Crippen LogP) is 1.99. The first-order valence-corrected chi connectivity index (χ1v) is 7.18. The Balaban J connectivity index is 1.91. The van der Waals surface area contributed by atoms with Crippen LogP contribution in [0.4, 0.5) is 5.95 Å². The minimum absolute atomic E-state index is 0.568. The van der Waals surface area contributed by atoms with Crippen LogP contribution in [0, 0.1) is 0 Å². The fourth-order valence-corrected chi connectivity index (χ4v) is 2.68. The lowest BCUT2D eigenvalue weighted by molar-refractivity contribution is 0.157. The third kappa shape index (κ3) is 3.70. The number of ether oxygens (including phenoxy) is 1. The maximum Gasteiger partial charge on any atom is 0.203 e. The molecule has 1 aliphatic heterocycles. The molecule has 2 atom stereocenters. The molecule has 0 aromatic carbocycles. The number of nitrogens with zero attached hydrogens (tertiary/aromatic N) is 3. The van der Waals surface area contributed by atoms with E-state index in [1.807, 2.05) is 6.20 Å². The van der Waals surface area contributed by atoms with Crippen molar-refractivity contribution >= 4 is 5.95 Å². The molecule has 0 saturated carbocycles. The quantitative estimate of drug-likeness (QED) is 0.800. The summed E-state index contributed by atoms with van der Waals surface area (Å²) in [5, 5.41) is 3.41. The molecule has 19 heavy (non-hydrogen) atoms. The van der Waals surface area contributed by atoms with Gasteiger partial charge in [-0.25, -0.2) is 4.98 Å². The number of hydrogen-bond donors (Lipinski definition) is 1. The number of aromatic nitrogens is 2. The number of piperidine rings is 1. The molecule has 1 saturated heterocycles. The van der Waals surface area contributed by atoms with Crippen molar-refractivity contribution in [1.82, 2.24) is 14.5 Å². The van der Waals surface area contributed by atoms with Crippen LogP contribution >= 0.6 is 0 Å². The number of hydrogen-bond acceptors (Lipinski definition) is 4. The highest BCUT2D eigenvalue weighted by Gasteiger charge is 2.25. The molecule has 1 N–H and O–H groups in total. The van der Waals surface area contributed by atoms with Crippen molar-refractivity contribution in [2.45, 2.75) is 38.3 Å². The van der Waals surface area contributed by atoms with Crippen LogP contribution in [0.15, 0.2) is 12.4 Å². The Labute approximate surface area is 116 Å². The van der Waals surface area contributed by atoms with Gasteiger partial charge in [0.1, 0.15) is 0 Å². The van der Waals surface area contributed by atoms with Gasteiger partial charge in [-0.15, -0.1) is 0 Å². The lowest BCUT2D eigenvalue weighted by Gasteiger charge is -2.36. The summed E-state index contributed by atoms with van der Waals surface area (Å²) in [5.74, 6) is 0.998. The van der Waals surface area contributed by atoms with Gasteiger partial charge in [-0.1, -0.05) is 0 Å². The van der Waals surface area contributed by atoms with Crippen molar-refractivity contribution in [2.24, 2.45) is 0 Å². The van der Waals surface area contributed by atoms with E-state index in [1.54, 1.807) is 7.11 Å². The Bertz CT molecular complexity index is 379. The Morgan fingerprint density at radius 1 is 1.53 bits per heavy atom. The summed E-state index contributed by atoms with van der Waals surface area (Å²) in [5.41, 5.74) is 0. The molecule has 1 aliphatic rings. The van der Waals surface area contributed by atoms with E-state index >= 15 is 0 Å². The summed E-state index contributed by atoms with van der Waals surface area (Å²) >= 11 is 0. The second-order valence-corrected chi connectivity index (χ2v) is 5.44. The number of imidazole rings is 1. The highest BCUT2D eigenvalue weighted by molar-refractivity contribution is 5.26. The van der Waals surface area contributed by atoms with Gasteiger partial charge in [-0.05, 0) is 33.2 Å². The molecule has 0 radical (unpaired) electrons. The van der Waals surface area contributed by atoms with Crippen LogP contribution in [0.25, 0.3) is 0 Å².